The number of phenolic OH excluding ortho intramolecular Hbond substituents is 1. The highest BCUT2D eigenvalue weighted by molar-refractivity contribution is 5.55. The summed E-state index contributed by atoms with van der Waals surface area (Å²) in [6.45, 7) is 3.14. The molecule has 2 rings (SSSR count). The van der Waals surface area contributed by atoms with Crippen LogP contribution in [0.3, 0.4) is 0 Å². The topological polar surface area (TPSA) is 55.7 Å². The lowest BCUT2D eigenvalue weighted by Gasteiger charge is -2.26. The Labute approximate surface area is 108 Å². The van der Waals surface area contributed by atoms with Gasteiger partial charge in [-0.1, -0.05) is 6.07 Å². The Morgan fingerprint density at radius 2 is 2.28 bits per heavy atom. The van der Waals surface area contributed by atoms with Crippen molar-refractivity contribution in [3.8, 4) is 5.75 Å². The molecule has 1 saturated heterocycles. The molecule has 0 radical (unpaired) electrons. The van der Waals surface area contributed by atoms with E-state index < -0.39 is 0 Å². The van der Waals surface area contributed by atoms with Gasteiger partial charge in [0.05, 0.1) is 12.6 Å². The summed E-state index contributed by atoms with van der Waals surface area (Å²) in [5, 5.41) is 22.5. The SMILES string of the molecule is CNC(C)c1ccc(N2CCCC2CO)cc1O. The summed E-state index contributed by atoms with van der Waals surface area (Å²) in [6.07, 6.45) is 2.12. The van der Waals surface area contributed by atoms with Crippen molar-refractivity contribution in [2.45, 2.75) is 31.8 Å². The Balaban J connectivity index is 2.23. The van der Waals surface area contributed by atoms with Crippen LogP contribution in [-0.4, -0.2) is 36.5 Å². The van der Waals surface area contributed by atoms with Crippen molar-refractivity contribution in [2.75, 3.05) is 25.1 Å². The quantitative estimate of drug-likeness (QED) is 0.760. The monoisotopic (exact) mass is 250 g/mol. The maximum atomic E-state index is 10.1. The average molecular weight is 250 g/mol. The van der Waals surface area contributed by atoms with E-state index in [1.807, 2.05) is 26.1 Å². The Morgan fingerprint density at radius 3 is 2.89 bits per heavy atom. The van der Waals surface area contributed by atoms with Gasteiger partial charge in [-0.3, -0.25) is 0 Å². The molecule has 0 amide bonds. The molecule has 4 nitrogen and oxygen atoms in total. The third kappa shape index (κ3) is 2.44. The van der Waals surface area contributed by atoms with Gasteiger partial charge >= 0.3 is 0 Å². The first-order chi connectivity index (χ1) is 8.67. The Morgan fingerprint density at radius 1 is 1.50 bits per heavy atom. The van der Waals surface area contributed by atoms with E-state index in [0.717, 1.165) is 30.6 Å². The number of anilines is 1. The average Bonchev–Trinajstić information content (AvgIpc) is 2.86. The Hall–Kier alpha value is -1.26. The van der Waals surface area contributed by atoms with Gasteiger partial charge in [0.15, 0.2) is 0 Å². The first-order valence-corrected chi connectivity index (χ1v) is 6.55. The number of aromatic hydroxyl groups is 1. The van der Waals surface area contributed by atoms with E-state index >= 15 is 0 Å². The number of aliphatic hydroxyl groups excluding tert-OH is 1. The standard InChI is InChI=1S/C14H22N2O2/c1-10(15-2)13-6-5-11(8-14(13)18)16-7-3-4-12(16)9-17/h5-6,8,10,12,15,17-18H,3-4,7,9H2,1-2H3. The molecule has 1 heterocycles. The number of aliphatic hydroxyl groups is 1. The minimum absolute atomic E-state index is 0.131. The van der Waals surface area contributed by atoms with E-state index in [9.17, 15) is 10.2 Å². The molecule has 0 aliphatic carbocycles. The van der Waals surface area contributed by atoms with Gasteiger partial charge in [0.25, 0.3) is 0 Å². The second kappa shape index (κ2) is 5.59. The van der Waals surface area contributed by atoms with Gasteiger partial charge in [-0.2, -0.15) is 0 Å². The summed E-state index contributed by atoms with van der Waals surface area (Å²) < 4.78 is 0. The molecular formula is C14H22N2O2. The van der Waals surface area contributed by atoms with Gasteiger partial charge in [0.2, 0.25) is 0 Å². The van der Waals surface area contributed by atoms with E-state index in [1.165, 1.54) is 0 Å². The maximum absolute atomic E-state index is 10.1. The lowest BCUT2D eigenvalue weighted by Crippen LogP contribution is -2.31. The first-order valence-electron chi connectivity index (χ1n) is 6.55. The summed E-state index contributed by atoms with van der Waals surface area (Å²) in [5.41, 5.74) is 1.90. The molecule has 0 spiro atoms. The van der Waals surface area contributed by atoms with Gasteiger partial charge in [0.1, 0.15) is 5.75 Å². The molecule has 1 fully saturated rings. The molecule has 0 bridgehead atoms. The van der Waals surface area contributed by atoms with Crippen LogP contribution in [0.2, 0.25) is 0 Å². The van der Waals surface area contributed by atoms with Crippen molar-refractivity contribution in [3.63, 3.8) is 0 Å². The number of nitrogens with one attached hydrogen (secondary N) is 1. The molecule has 1 aromatic rings. The van der Waals surface area contributed by atoms with Crippen LogP contribution >= 0.6 is 0 Å². The number of nitrogens with zero attached hydrogens (tertiary/aromatic N) is 1. The van der Waals surface area contributed by atoms with Gasteiger partial charge in [-0.15, -0.1) is 0 Å². The smallest absolute Gasteiger partial charge is 0.122 e. The van der Waals surface area contributed by atoms with Crippen LogP contribution in [0.4, 0.5) is 5.69 Å². The number of hydrogen-bond donors (Lipinski definition) is 3. The molecule has 0 aromatic heterocycles. The minimum atomic E-state index is 0.131. The van der Waals surface area contributed by atoms with Gasteiger partial charge in [-0.25, -0.2) is 0 Å². The molecular weight excluding hydrogens is 228 g/mol. The van der Waals surface area contributed by atoms with E-state index in [2.05, 4.69) is 10.2 Å². The molecule has 0 saturated carbocycles. The predicted molar refractivity (Wildman–Crippen MR) is 73.0 cm³/mol. The zero-order chi connectivity index (χ0) is 13.1. The fourth-order valence-corrected chi connectivity index (χ4v) is 2.60. The van der Waals surface area contributed by atoms with Crippen molar-refractivity contribution >= 4 is 5.69 Å². The Bertz CT molecular complexity index is 409. The molecule has 3 N–H and O–H groups in total. The molecule has 2 unspecified atom stereocenters. The van der Waals surface area contributed by atoms with E-state index in [4.69, 9.17) is 0 Å². The lowest BCUT2D eigenvalue weighted by molar-refractivity contribution is 0.266. The largest absolute Gasteiger partial charge is 0.508 e. The van der Waals surface area contributed by atoms with E-state index in [-0.39, 0.29) is 18.7 Å². The van der Waals surface area contributed by atoms with Crippen molar-refractivity contribution in [1.82, 2.24) is 5.32 Å². The third-order valence-corrected chi connectivity index (χ3v) is 3.83. The van der Waals surface area contributed by atoms with Crippen molar-refractivity contribution in [2.24, 2.45) is 0 Å². The van der Waals surface area contributed by atoms with Crippen molar-refractivity contribution < 1.29 is 10.2 Å². The summed E-state index contributed by atoms with van der Waals surface area (Å²) in [5.74, 6) is 0.318. The second-order valence-electron chi connectivity index (χ2n) is 4.93. The molecule has 4 heteroatoms. The summed E-state index contributed by atoms with van der Waals surface area (Å²) in [4.78, 5) is 2.17. The highest BCUT2D eigenvalue weighted by Crippen LogP contribution is 2.32. The van der Waals surface area contributed by atoms with Crippen LogP contribution in [0.15, 0.2) is 18.2 Å². The lowest BCUT2D eigenvalue weighted by atomic mass is 10.1. The first kappa shape index (κ1) is 13.2. The van der Waals surface area contributed by atoms with Crippen LogP contribution in [0.25, 0.3) is 0 Å². The molecule has 1 aliphatic rings. The highest BCUT2D eigenvalue weighted by Gasteiger charge is 2.24. The van der Waals surface area contributed by atoms with Crippen LogP contribution in [-0.2, 0) is 0 Å². The van der Waals surface area contributed by atoms with Crippen LogP contribution in [0, 0.1) is 0 Å². The van der Waals surface area contributed by atoms with Crippen molar-refractivity contribution in [1.29, 1.82) is 0 Å². The van der Waals surface area contributed by atoms with Gasteiger partial charge in [0, 0.05) is 29.9 Å². The minimum Gasteiger partial charge on any atom is -0.508 e. The molecule has 1 aromatic carbocycles. The van der Waals surface area contributed by atoms with Crippen LogP contribution in [0.1, 0.15) is 31.4 Å². The van der Waals surface area contributed by atoms with Crippen molar-refractivity contribution in [3.05, 3.63) is 23.8 Å². The molecule has 100 valence electrons. The number of phenols is 1. The zero-order valence-electron chi connectivity index (χ0n) is 11.1. The van der Waals surface area contributed by atoms with Crippen LogP contribution < -0.4 is 10.2 Å². The maximum Gasteiger partial charge on any atom is 0.122 e. The normalized spacial score (nSPS) is 21.3. The van der Waals surface area contributed by atoms with Crippen LogP contribution in [0.5, 0.6) is 5.75 Å². The van der Waals surface area contributed by atoms with Gasteiger partial charge in [-0.05, 0) is 32.9 Å². The fourth-order valence-electron chi connectivity index (χ4n) is 2.60. The number of benzene rings is 1. The fraction of sp³-hybridized carbons (Fsp3) is 0.571. The summed E-state index contributed by atoms with van der Waals surface area (Å²) >= 11 is 0. The predicted octanol–water partition coefficient (Wildman–Crippen LogP) is 1.63. The Kier molecular flexibility index (Phi) is 4.09. The van der Waals surface area contributed by atoms with E-state index in [0.29, 0.717) is 5.75 Å². The number of rotatable bonds is 4. The summed E-state index contributed by atoms with van der Waals surface area (Å²) in [6, 6.07) is 6.11. The summed E-state index contributed by atoms with van der Waals surface area (Å²) in [7, 11) is 1.88. The zero-order valence-corrected chi connectivity index (χ0v) is 11.1. The molecule has 18 heavy (non-hydrogen) atoms. The van der Waals surface area contributed by atoms with E-state index in [1.54, 1.807) is 6.07 Å². The second-order valence-corrected chi connectivity index (χ2v) is 4.93. The highest BCUT2D eigenvalue weighted by atomic mass is 16.3. The molecule has 1 aliphatic heterocycles. The molecule has 2 atom stereocenters. The van der Waals surface area contributed by atoms with Gasteiger partial charge < -0.3 is 20.4 Å². The third-order valence-electron chi connectivity index (χ3n) is 3.83. The number of hydrogen-bond acceptors (Lipinski definition) is 4.